The van der Waals surface area contributed by atoms with E-state index >= 15 is 0 Å². The van der Waals surface area contributed by atoms with Crippen LogP contribution in [0.15, 0.2) is 30.7 Å². The van der Waals surface area contributed by atoms with Crippen molar-refractivity contribution in [3.8, 4) is 11.3 Å². The van der Waals surface area contributed by atoms with E-state index < -0.39 is 11.9 Å². The summed E-state index contributed by atoms with van der Waals surface area (Å²) in [5.74, 6) is 0.569. The third-order valence-corrected chi connectivity index (χ3v) is 6.85. The predicted molar refractivity (Wildman–Crippen MR) is 124 cm³/mol. The van der Waals surface area contributed by atoms with Gasteiger partial charge < -0.3 is 4.74 Å². The van der Waals surface area contributed by atoms with Crippen LogP contribution in [0.25, 0.3) is 22.4 Å². The third kappa shape index (κ3) is 4.32. The van der Waals surface area contributed by atoms with E-state index in [1.165, 1.54) is 12.3 Å². The lowest BCUT2D eigenvalue weighted by Crippen LogP contribution is -2.20. The molecule has 36 heavy (non-hydrogen) atoms. The average Bonchev–Trinajstić information content (AvgIpc) is 3.60. The van der Waals surface area contributed by atoms with Gasteiger partial charge in [-0.1, -0.05) is 0 Å². The summed E-state index contributed by atoms with van der Waals surface area (Å²) >= 11 is 0. The Bertz CT molecular complexity index is 1430. The number of hydrogen-bond donors (Lipinski definition) is 0. The quantitative estimate of drug-likeness (QED) is 0.380. The molecule has 1 aliphatic heterocycles. The van der Waals surface area contributed by atoms with Gasteiger partial charge in [0.15, 0.2) is 5.65 Å². The molecule has 8 nitrogen and oxygen atoms in total. The van der Waals surface area contributed by atoms with Gasteiger partial charge in [0.25, 0.3) is 0 Å². The summed E-state index contributed by atoms with van der Waals surface area (Å²) in [6.45, 7) is 4.22. The first-order valence-electron chi connectivity index (χ1n) is 12.0. The second-order valence-electron chi connectivity index (χ2n) is 9.49. The summed E-state index contributed by atoms with van der Waals surface area (Å²) in [6, 6.07) is 2.82. The van der Waals surface area contributed by atoms with Crippen LogP contribution in [-0.4, -0.2) is 41.3 Å². The highest BCUT2D eigenvalue weighted by atomic mass is 19.4. The third-order valence-electron chi connectivity index (χ3n) is 6.85. The molecule has 2 fully saturated rings. The molecule has 1 saturated heterocycles. The first kappa shape index (κ1) is 23.0. The highest BCUT2D eigenvalue weighted by Crippen LogP contribution is 2.40. The maximum absolute atomic E-state index is 13.1. The first-order valence-corrected chi connectivity index (χ1v) is 12.0. The minimum absolute atomic E-state index is 0.0120. The predicted octanol–water partition coefficient (Wildman–Crippen LogP) is 5.28. The highest BCUT2D eigenvalue weighted by molar-refractivity contribution is 5.86. The van der Waals surface area contributed by atoms with Crippen molar-refractivity contribution in [1.82, 2.24) is 34.7 Å². The van der Waals surface area contributed by atoms with Crippen LogP contribution in [0.4, 0.5) is 13.2 Å². The summed E-state index contributed by atoms with van der Waals surface area (Å²) in [5.41, 5.74) is 3.24. The normalized spacial score (nSPS) is 20.7. The van der Waals surface area contributed by atoms with Gasteiger partial charge in [0.2, 0.25) is 0 Å². The number of aromatic nitrogens is 7. The van der Waals surface area contributed by atoms with E-state index in [0.29, 0.717) is 53.0 Å². The first-order chi connectivity index (χ1) is 17.3. The van der Waals surface area contributed by atoms with E-state index in [4.69, 9.17) is 14.7 Å². The molecule has 11 heteroatoms. The van der Waals surface area contributed by atoms with Crippen LogP contribution in [0.5, 0.6) is 0 Å². The van der Waals surface area contributed by atoms with Gasteiger partial charge >= 0.3 is 6.18 Å². The van der Waals surface area contributed by atoms with E-state index in [1.807, 2.05) is 24.7 Å². The molecule has 0 N–H and O–H groups in total. The molecule has 6 rings (SSSR count). The number of aryl methyl sites for hydroxylation is 2. The Labute approximate surface area is 205 Å². The van der Waals surface area contributed by atoms with Crippen molar-refractivity contribution in [3.05, 3.63) is 59.2 Å². The van der Waals surface area contributed by atoms with Gasteiger partial charge in [0.1, 0.15) is 22.7 Å². The molecule has 5 heterocycles. The molecule has 4 aromatic rings. The van der Waals surface area contributed by atoms with Crippen molar-refractivity contribution >= 4 is 11.2 Å². The zero-order chi connectivity index (χ0) is 25.0. The molecule has 1 aliphatic carbocycles. The zero-order valence-electron chi connectivity index (χ0n) is 19.8. The molecule has 2 unspecified atom stereocenters. The lowest BCUT2D eigenvalue weighted by Gasteiger charge is -2.28. The van der Waals surface area contributed by atoms with Gasteiger partial charge in [-0.05, 0) is 51.7 Å². The smallest absolute Gasteiger partial charge is 0.373 e. The number of hydrogen-bond acceptors (Lipinski definition) is 7. The fourth-order valence-corrected chi connectivity index (χ4v) is 4.54. The molecular weight excluding hydrogens is 471 g/mol. The number of pyridine rings is 1. The maximum Gasteiger partial charge on any atom is 0.433 e. The van der Waals surface area contributed by atoms with Gasteiger partial charge in [0.05, 0.1) is 29.7 Å². The molecule has 0 radical (unpaired) electrons. The van der Waals surface area contributed by atoms with Crippen LogP contribution in [0.1, 0.15) is 72.2 Å². The minimum Gasteiger partial charge on any atom is -0.373 e. The number of ether oxygens (including phenoxy) is 1. The Kier molecular flexibility index (Phi) is 5.47. The summed E-state index contributed by atoms with van der Waals surface area (Å²) in [4.78, 5) is 22.4. The SMILES string of the molecule is Cc1nc2nc(C3CCOC(c4cnn(C5CC5)c4)C3)nc(-c3ccc(C(F)(F)F)nc3)c2nc1C. The molecule has 2 atom stereocenters. The van der Waals surface area contributed by atoms with Crippen molar-refractivity contribution in [3.63, 3.8) is 0 Å². The van der Waals surface area contributed by atoms with Crippen molar-refractivity contribution in [2.75, 3.05) is 6.61 Å². The van der Waals surface area contributed by atoms with Crippen LogP contribution in [-0.2, 0) is 10.9 Å². The number of rotatable bonds is 4. The van der Waals surface area contributed by atoms with Crippen LogP contribution in [0.3, 0.4) is 0 Å². The summed E-state index contributed by atoms with van der Waals surface area (Å²) < 4.78 is 47.3. The van der Waals surface area contributed by atoms with Crippen LogP contribution in [0, 0.1) is 13.8 Å². The monoisotopic (exact) mass is 495 g/mol. The summed E-state index contributed by atoms with van der Waals surface area (Å²) in [5, 5.41) is 4.49. The van der Waals surface area contributed by atoms with Crippen molar-refractivity contribution in [1.29, 1.82) is 0 Å². The fourth-order valence-electron chi connectivity index (χ4n) is 4.54. The molecule has 0 amide bonds. The molecular formula is C25H24F3N7O. The summed E-state index contributed by atoms with van der Waals surface area (Å²) in [7, 11) is 0. The molecule has 0 aromatic carbocycles. The molecule has 1 saturated carbocycles. The van der Waals surface area contributed by atoms with Gasteiger partial charge in [-0.15, -0.1) is 0 Å². The zero-order valence-corrected chi connectivity index (χ0v) is 19.8. The lowest BCUT2D eigenvalue weighted by molar-refractivity contribution is -0.141. The van der Waals surface area contributed by atoms with Crippen LogP contribution < -0.4 is 0 Å². The van der Waals surface area contributed by atoms with Crippen LogP contribution >= 0.6 is 0 Å². The van der Waals surface area contributed by atoms with E-state index in [0.717, 1.165) is 36.6 Å². The van der Waals surface area contributed by atoms with Crippen LogP contribution in [0.2, 0.25) is 0 Å². The topological polar surface area (TPSA) is 91.5 Å². The lowest BCUT2D eigenvalue weighted by atomic mass is 9.92. The van der Waals surface area contributed by atoms with Crippen molar-refractivity contribution < 1.29 is 17.9 Å². The van der Waals surface area contributed by atoms with Gasteiger partial charge in [-0.3, -0.25) is 9.67 Å². The average molecular weight is 496 g/mol. The van der Waals surface area contributed by atoms with E-state index in [-0.39, 0.29) is 12.0 Å². The Balaban J connectivity index is 1.38. The van der Waals surface area contributed by atoms with Gasteiger partial charge in [0, 0.05) is 36.0 Å². The Hall–Kier alpha value is -3.47. The van der Waals surface area contributed by atoms with E-state index in [1.54, 1.807) is 0 Å². The Morgan fingerprint density at radius 3 is 2.50 bits per heavy atom. The molecule has 4 aromatic heterocycles. The number of nitrogens with zero attached hydrogens (tertiary/aromatic N) is 7. The highest BCUT2D eigenvalue weighted by Gasteiger charge is 2.33. The number of alkyl halides is 3. The number of halogens is 3. The summed E-state index contributed by atoms with van der Waals surface area (Å²) in [6.07, 6.45) is 4.17. The second-order valence-corrected chi connectivity index (χ2v) is 9.49. The largest absolute Gasteiger partial charge is 0.433 e. The Morgan fingerprint density at radius 2 is 1.78 bits per heavy atom. The van der Waals surface area contributed by atoms with Crippen molar-refractivity contribution in [2.24, 2.45) is 0 Å². The minimum atomic E-state index is -4.52. The van der Waals surface area contributed by atoms with Gasteiger partial charge in [-0.25, -0.2) is 19.9 Å². The van der Waals surface area contributed by atoms with E-state index in [2.05, 4.69) is 26.2 Å². The molecule has 186 valence electrons. The fraction of sp³-hybridized carbons (Fsp3) is 0.440. The molecule has 2 aliphatic rings. The van der Waals surface area contributed by atoms with E-state index in [9.17, 15) is 13.2 Å². The van der Waals surface area contributed by atoms with Gasteiger partial charge in [-0.2, -0.15) is 18.3 Å². The number of fused-ring (bicyclic) bond motifs is 1. The molecule has 0 bridgehead atoms. The maximum atomic E-state index is 13.1. The molecule has 0 spiro atoms. The van der Waals surface area contributed by atoms with Crippen molar-refractivity contribution in [2.45, 2.75) is 63.8 Å². The Morgan fingerprint density at radius 1 is 0.972 bits per heavy atom. The second kappa shape index (κ2) is 8.58. The standard InChI is InChI=1S/C25H24F3N7O/c1-13-14(2)32-24-22(31-13)21(16-3-6-20(29-10-16)25(26,27)28)33-23(34-24)15-7-8-36-19(9-15)17-11-30-35(12-17)18-4-5-18/h3,6,10-12,15,18-19H,4-5,7-9H2,1-2H3.